The molecule has 66 valence electrons. The zero-order chi connectivity index (χ0) is 8.27. The molecule has 1 fully saturated rings. The lowest BCUT2D eigenvalue weighted by molar-refractivity contribution is 0.576. The van der Waals surface area contributed by atoms with E-state index < -0.39 is 0 Å². The van der Waals surface area contributed by atoms with Gasteiger partial charge in [-0.2, -0.15) is 23.5 Å². The summed E-state index contributed by atoms with van der Waals surface area (Å²) in [5, 5.41) is 4.95. The fourth-order valence-corrected chi connectivity index (χ4v) is 4.37. The van der Waals surface area contributed by atoms with Crippen LogP contribution in [-0.2, 0) is 0 Å². The van der Waals surface area contributed by atoms with Crippen molar-refractivity contribution in [1.29, 1.82) is 0 Å². The molecule has 0 aromatic carbocycles. The van der Waals surface area contributed by atoms with E-state index in [0.717, 1.165) is 10.5 Å². The summed E-state index contributed by atoms with van der Waals surface area (Å²) in [7, 11) is 2.05. The van der Waals surface area contributed by atoms with Gasteiger partial charge < -0.3 is 5.32 Å². The highest BCUT2D eigenvalue weighted by Crippen LogP contribution is 2.32. The Kier molecular flexibility index (Phi) is 4.10. The molecular formula is C8H17NS2. The largest absolute Gasteiger partial charge is 0.316 e. The van der Waals surface area contributed by atoms with E-state index in [1.54, 1.807) is 0 Å². The first-order valence-corrected chi connectivity index (χ1v) is 6.26. The molecule has 0 amide bonds. The maximum Gasteiger partial charge on any atom is 0.0314 e. The fraction of sp³-hybridized carbons (Fsp3) is 1.00. The van der Waals surface area contributed by atoms with Crippen molar-refractivity contribution in [2.75, 3.05) is 18.6 Å². The topological polar surface area (TPSA) is 12.0 Å². The van der Waals surface area contributed by atoms with Crippen molar-refractivity contribution in [3.05, 3.63) is 0 Å². The highest BCUT2D eigenvalue weighted by atomic mass is 32.2. The van der Waals surface area contributed by atoms with Crippen LogP contribution in [0, 0.1) is 0 Å². The third kappa shape index (κ3) is 2.56. The predicted molar refractivity (Wildman–Crippen MR) is 56.7 cm³/mol. The van der Waals surface area contributed by atoms with Crippen LogP contribution in [0.4, 0.5) is 0 Å². The van der Waals surface area contributed by atoms with E-state index in [0.29, 0.717) is 6.04 Å². The summed E-state index contributed by atoms with van der Waals surface area (Å²) in [6, 6.07) is 0.655. The summed E-state index contributed by atoms with van der Waals surface area (Å²) in [6.07, 6.45) is 0. The Morgan fingerprint density at radius 2 is 2.00 bits per heavy atom. The van der Waals surface area contributed by atoms with E-state index in [1.807, 2.05) is 0 Å². The van der Waals surface area contributed by atoms with Crippen LogP contribution in [0.5, 0.6) is 0 Å². The molecule has 1 saturated heterocycles. The van der Waals surface area contributed by atoms with Crippen LogP contribution in [-0.4, -0.2) is 35.1 Å². The molecule has 1 heterocycles. The summed E-state index contributed by atoms with van der Waals surface area (Å²) in [5.74, 6) is 2.66. The Hall–Kier alpha value is 0.660. The highest BCUT2D eigenvalue weighted by molar-refractivity contribution is 8.07. The summed E-state index contributed by atoms with van der Waals surface area (Å²) in [5.41, 5.74) is 0. The van der Waals surface area contributed by atoms with Crippen LogP contribution < -0.4 is 5.32 Å². The van der Waals surface area contributed by atoms with Gasteiger partial charge in [0.05, 0.1) is 0 Å². The third-order valence-electron chi connectivity index (χ3n) is 2.19. The Balaban J connectivity index is 2.40. The van der Waals surface area contributed by atoms with Gasteiger partial charge in [-0.15, -0.1) is 0 Å². The maximum absolute atomic E-state index is 3.33. The van der Waals surface area contributed by atoms with E-state index in [9.17, 15) is 0 Å². The molecule has 11 heavy (non-hydrogen) atoms. The molecule has 3 atom stereocenters. The first-order valence-electron chi connectivity index (χ1n) is 4.16. The average Bonchev–Trinajstić information content (AvgIpc) is 2.04. The Labute approximate surface area is 78.1 Å². The molecule has 0 spiro atoms. The molecule has 0 saturated carbocycles. The monoisotopic (exact) mass is 191 g/mol. The van der Waals surface area contributed by atoms with Crippen molar-refractivity contribution in [3.63, 3.8) is 0 Å². The van der Waals surface area contributed by atoms with E-state index in [1.165, 1.54) is 11.5 Å². The Bertz CT molecular complexity index is 115. The van der Waals surface area contributed by atoms with Gasteiger partial charge in [-0.05, 0) is 14.0 Å². The quantitative estimate of drug-likeness (QED) is 0.715. The third-order valence-corrected chi connectivity index (χ3v) is 5.52. The zero-order valence-corrected chi connectivity index (χ0v) is 9.10. The zero-order valence-electron chi connectivity index (χ0n) is 7.46. The smallest absolute Gasteiger partial charge is 0.0314 e. The molecule has 1 aliphatic rings. The molecule has 0 aromatic rings. The number of thioether (sulfide) groups is 2. The molecule has 1 N–H and O–H groups in total. The first-order chi connectivity index (χ1) is 5.25. The summed E-state index contributed by atoms with van der Waals surface area (Å²) < 4.78 is 0. The maximum atomic E-state index is 3.33. The minimum atomic E-state index is 0.655. The van der Waals surface area contributed by atoms with Crippen LogP contribution in [0.25, 0.3) is 0 Å². The second kappa shape index (κ2) is 4.63. The minimum Gasteiger partial charge on any atom is -0.316 e. The molecule has 1 nitrogen and oxygen atoms in total. The standard InChI is InChI=1S/C8H17NS2/c1-6(9-3)8-7(2)10-4-5-11-8/h6-9H,4-5H2,1-3H3. The van der Waals surface area contributed by atoms with Crippen molar-refractivity contribution >= 4 is 23.5 Å². The van der Waals surface area contributed by atoms with E-state index >= 15 is 0 Å². The van der Waals surface area contributed by atoms with Gasteiger partial charge in [0.2, 0.25) is 0 Å². The highest BCUT2D eigenvalue weighted by Gasteiger charge is 2.26. The van der Waals surface area contributed by atoms with Crippen molar-refractivity contribution in [3.8, 4) is 0 Å². The van der Waals surface area contributed by atoms with Crippen LogP contribution in [0.2, 0.25) is 0 Å². The molecule has 3 unspecified atom stereocenters. The fourth-order valence-electron chi connectivity index (χ4n) is 1.36. The van der Waals surface area contributed by atoms with Crippen molar-refractivity contribution < 1.29 is 0 Å². The molecule has 0 radical (unpaired) electrons. The van der Waals surface area contributed by atoms with E-state index in [2.05, 4.69) is 49.7 Å². The van der Waals surface area contributed by atoms with Gasteiger partial charge in [0.15, 0.2) is 0 Å². The predicted octanol–water partition coefficient (Wildman–Crippen LogP) is 1.83. The van der Waals surface area contributed by atoms with Crippen LogP contribution >= 0.6 is 23.5 Å². The van der Waals surface area contributed by atoms with Crippen molar-refractivity contribution in [2.45, 2.75) is 30.4 Å². The van der Waals surface area contributed by atoms with Gasteiger partial charge >= 0.3 is 0 Å². The summed E-state index contributed by atoms with van der Waals surface area (Å²) in [6.45, 7) is 4.62. The molecule has 0 bridgehead atoms. The Morgan fingerprint density at radius 1 is 1.36 bits per heavy atom. The number of hydrogen-bond donors (Lipinski definition) is 1. The second-order valence-corrected chi connectivity index (χ2v) is 5.76. The molecule has 1 rings (SSSR count). The molecule has 0 aliphatic carbocycles. The van der Waals surface area contributed by atoms with Gasteiger partial charge in [0.1, 0.15) is 0 Å². The lowest BCUT2D eigenvalue weighted by Crippen LogP contribution is -2.40. The van der Waals surface area contributed by atoms with Gasteiger partial charge in [-0.3, -0.25) is 0 Å². The summed E-state index contributed by atoms with van der Waals surface area (Å²) >= 11 is 4.23. The van der Waals surface area contributed by atoms with Crippen LogP contribution in [0.15, 0.2) is 0 Å². The van der Waals surface area contributed by atoms with E-state index in [4.69, 9.17) is 0 Å². The molecule has 1 aliphatic heterocycles. The SMILES string of the molecule is CNC(C)C1SCCSC1C. The molecule has 0 aromatic heterocycles. The normalized spacial score (nSPS) is 35.2. The summed E-state index contributed by atoms with van der Waals surface area (Å²) in [4.78, 5) is 0. The first kappa shape index (κ1) is 9.75. The van der Waals surface area contributed by atoms with Gasteiger partial charge in [-0.25, -0.2) is 0 Å². The average molecular weight is 191 g/mol. The number of hydrogen-bond acceptors (Lipinski definition) is 3. The molecule has 3 heteroatoms. The van der Waals surface area contributed by atoms with Crippen LogP contribution in [0.3, 0.4) is 0 Å². The second-order valence-electron chi connectivity index (χ2n) is 2.99. The number of nitrogens with one attached hydrogen (secondary N) is 1. The minimum absolute atomic E-state index is 0.655. The van der Waals surface area contributed by atoms with Crippen molar-refractivity contribution in [2.24, 2.45) is 0 Å². The molecular weight excluding hydrogens is 174 g/mol. The van der Waals surface area contributed by atoms with Gasteiger partial charge in [0.25, 0.3) is 0 Å². The number of rotatable bonds is 2. The van der Waals surface area contributed by atoms with Gasteiger partial charge in [0, 0.05) is 28.0 Å². The van der Waals surface area contributed by atoms with Crippen molar-refractivity contribution in [1.82, 2.24) is 5.32 Å². The lowest BCUT2D eigenvalue weighted by Gasteiger charge is -2.32. The lowest BCUT2D eigenvalue weighted by atomic mass is 10.2. The van der Waals surface area contributed by atoms with Gasteiger partial charge in [-0.1, -0.05) is 6.92 Å². The van der Waals surface area contributed by atoms with E-state index in [-0.39, 0.29) is 0 Å². The van der Waals surface area contributed by atoms with Crippen LogP contribution in [0.1, 0.15) is 13.8 Å². The Morgan fingerprint density at radius 3 is 2.55 bits per heavy atom.